The van der Waals surface area contributed by atoms with E-state index in [9.17, 15) is 4.79 Å². The second-order valence-corrected chi connectivity index (χ2v) is 9.44. The standard InChI is InChI=1S/C24H22N4OS2/c1-2-27-23(17-10-4-3-5-11-17)25-26-24(27)30-16-22(29)28-18-12-6-8-14-20(18)31-21-15-9-7-13-19(21)28/h3-15,18,20H,2,16H2,1H3/t18-,20-/m0/s1. The molecule has 1 aliphatic carbocycles. The van der Waals surface area contributed by atoms with Gasteiger partial charge < -0.3 is 9.47 Å². The quantitative estimate of drug-likeness (QED) is 0.513. The summed E-state index contributed by atoms with van der Waals surface area (Å²) in [7, 11) is 0. The largest absolute Gasteiger partial charge is 0.302 e. The van der Waals surface area contributed by atoms with Gasteiger partial charge in [0.25, 0.3) is 0 Å². The zero-order chi connectivity index (χ0) is 21.2. The van der Waals surface area contributed by atoms with Crippen molar-refractivity contribution in [2.75, 3.05) is 10.7 Å². The number of amides is 1. The number of fused-ring (bicyclic) bond motifs is 2. The number of thioether (sulfide) groups is 2. The molecule has 2 aromatic carbocycles. The first-order valence-electron chi connectivity index (χ1n) is 10.3. The van der Waals surface area contributed by atoms with Crippen molar-refractivity contribution < 1.29 is 4.79 Å². The van der Waals surface area contributed by atoms with Gasteiger partial charge in [-0.25, -0.2) is 0 Å². The summed E-state index contributed by atoms with van der Waals surface area (Å²) < 4.78 is 2.07. The molecule has 0 radical (unpaired) electrons. The summed E-state index contributed by atoms with van der Waals surface area (Å²) in [4.78, 5) is 16.5. The number of carbonyl (C=O) groups excluding carboxylic acids is 1. The SMILES string of the molecule is CCn1c(SCC(=O)N2c3ccccc3S[C@H]3C=CC=C[C@@H]32)nnc1-c1ccccc1. The van der Waals surface area contributed by atoms with E-state index in [2.05, 4.69) is 46.0 Å². The molecule has 0 bridgehead atoms. The van der Waals surface area contributed by atoms with Crippen LogP contribution in [0.4, 0.5) is 5.69 Å². The highest BCUT2D eigenvalue weighted by molar-refractivity contribution is 8.00. The number of carbonyl (C=O) groups is 1. The summed E-state index contributed by atoms with van der Waals surface area (Å²) in [5.41, 5.74) is 2.01. The molecule has 0 spiro atoms. The summed E-state index contributed by atoms with van der Waals surface area (Å²) in [6, 6.07) is 18.2. The van der Waals surface area contributed by atoms with Crippen LogP contribution in [0.5, 0.6) is 0 Å². The minimum atomic E-state index is 0.0296. The van der Waals surface area contributed by atoms with Gasteiger partial charge in [-0.3, -0.25) is 4.79 Å². The molecular weight excluding hydrogens is 424 g/mol. The summed E-state index contributed by atoms with van der Waals surface area (Å²) in [5.74, 6) is 1.23. The Morgan fingerprint density at radius 1 is 1.03 bits per heavy atom. The Morgan fingerprint density at radius 3 is 2.65 bits per heavy atom. The van der Waals surface area contributed by atoms with E-state index >= 15 is 0 Å². The Bertz CT molecular complexity index is 1160. The lowest BCUT2D eigenvalue weighted by Gasteiger charge is -2.40. The van der Waals surface area contributed by atoms with E-state index in [4.69, 9.17) is 0 Å². The predicted molar refractivity (Wildman–Crippen MR) is 127 cm³/mol. The molecule has 1 aromatic heterocycles. The van der Waals surface area contributed by atoms with Crippen molar-refractivity contribution in [3.8, 4) is 11.4 Å². The summed E-state index contributed by atoms with van der Waals surface area (Å²) in [6.07, 6.45) is 8.40. The van der Waals surface area contributed by atoms with E-state index in [0.717, 1.165) is 33.7 Å². The fraction of sp³-hybridized carbons (Fsp3) is 0.208. The fourth-order valence-corrected chi connectivity index (χ4v) is 6.08. The molecule has 2 atom stereocenters. The van der Waals surface area contributed by atoms with Crippen LogP contribution in [-0.4, -0.2) is 37.7 Å². The molecule has 0 fully saturated rings. The van der Waals surface area contributed by atoms with Crippen LogP contribution in [0.2, 0.25) is 0 Å². The zero-order valence-corrected chi connectivity index (χ0v) is 18.7. The molecule has 5 rings (SSSR count). The average molecular weight is 447 g/mol. The Balaban J connectivity index is 1.39. The number of aromatic nitrogens is 3. The van der Waals surface area contributed by atoms with Crippen molar-refractivity contribution in [3.05, 3.63) is 78.9 Å². The molecular formula is C24H22N4OS2. The van der Waals surface area contributed by atoms with E-state index in [-0.39, 0.29) is 17.2 Å². The van der Waals surface area contributed by atoms with Crippen LogP contribution < -0.4 is 4.90 Å². The molecule has 156 valence electrons. The fourth-order valence-electron chi connectivity index (χ4n) is 3.96. The number of rotatable bonds is 5. The Labute approximate surface area is 190 Å². The van der Waals surface area contributed by atoms with Crippen molar-refractivity contribution in [2.24, 2.45) is 0 Å². The normalized spacial score (nSPS) is 19.2. The van der Waals surface area contributed by atoms with Crippen LogP contribution in [0.25, 0.3) is 11.4 Å². The zero-order valence-electron chi connectivity index (χ0n) is 17.1. The van der Waals surface area contributed by atoms with E-state index in [1.807, 2.05) is 71.3 Å². The van der Waals surface area contributed by atoms with Gasteiger partial charge in [0.05, 0.1) is 22.7 Å². The van der Waals surface area contributed by atoms with Crippen molar-refractivity contribution in [1.29, 1.82) is 0 Å². The Hall–Kier alpha value is -2.77. The van der Waals surface area contributed by atoms with Crippen LogP contribution in [0, 0.1) is 0 Å². The van der Waals surface area contributed by atoms with Gasteiger partial charge in [-0.05, 0) is 19.1 Å². The van der Waals surface area contributed by atoms with Gasteiger partial charge >= 0.3 is 0 Å². The van der Waals surface area contributed by atoms with Gasteiger partial charge in [-0.1, -0.05) is 78.5 Å². The average Bonchev–Trinajstić information content (AvgIpc) is 3.24. The third-order valence-corrected chi connectivity index (χ3v) is 7.66. The number of anilines is 1. The highest BCUT2D eigenvalue weighted by atomic mass is 32.2. The van der Waals surface area contributed by atoms with Gasteiger partial charge in [-0.2, -0.15) is 0 Å². The van der Waals surface area contributed by atoms with Gasteiger partial charge in [-0.15, -0.1) is 22.0 Å². The number of nitrogens with zero attached hydrogens (tertiary/aromatic N) is 4. The second-order valence-electron chi connectivity index (χ2n) is 7.28. The van der Waals surface area contributed by atoms with E-state index in [1.165, 1.54) is 11.8 Å². The molecule has 2 aliphatic rings. The van der Waals surface area contributed by atoms with E-state index in [1.54, 1.807) is 0 Å². The first kappa shape index (κ1) is 20.2. The number of para-hydroxylation sites is 1. The molecule has 3 aromatic rings. The summed E-state index contributed by atoms with van der Waals surface area (Å²) in [5, 5.41) is 9.78. The monoisotopic (exact) mass is 446 g/mol. The molecule has 1 amide bonds. The molecule has 2 heterocycles. The van der Waals surface area contributed by atoms with Crippen molar-refractivity contribution in [3.63, 3.8) is 0 Å². The van der Waals surface area contributed by atoms with Crippen LogP contribution in [0.3, 0.4) is 0 Å². The topological polar surface area (TPSA) is 51.0 Å². The number of hydrogen-bond acceptors (Lipinski definition) is 5. The Morgan fingerprint density at radius 2 is 1.81 bits per heavy atom. The van der Waals surface area contributed by atoms with Crippen molar-refractivity contribution >= 4 is 35.1 Å². The predicted octanol–water partition coefficient (Wildman–Crippen LogP) is 5.06. The molecule has 1 aliphatic heterocycles. The molecule has 0 unspecified atom stereocenters. The van der Waals surface area contributed by atoms with Gasteiger partial charge in [0, 0.05) is 17.0 Å². The van der Waals surface area contributed by atoms with Crippen LogP contribution in [-0.2, 0) is 11.3 Å². The third-order valence-electron chi connectivity index (χ3n) is 5.40. The minimum absolute atomic E-state index is 0.0296. The number of hydrogen-bond donors (Lipinski definition) is 0. The van der Waals surface area contributed by atoms with Crippen LogP contribution in [0.1, 0.15) is 6.92 Å². The molecule has 31 heavy (non-hydrogen) atoms. The maximum absolute atomic E-state index is 13.4. The maximum atomic E-state index is 13.4. The van der Waals surface area contributed by atoms with Crippen molar-refractivity contribution in [2.45, 2.75) is 34.8 Å². The second kappa shape index (κ2) is 8.77. The minimum Gasteiger partial charge on any atom is -0.302 e. The van der Waals surface area contributed by atoms with Crippen molar-refractivity contribution in [1.82, 2.24) is 14.8 Å². The first-order valence-corrected chi connectivity index (χ1v) is 12.2. The van der Waals surface area contributed by atoms with E-state index < -0.39 is 0 Å². The highest BCUT2D eigenvalue weighted by Crippen LogP contribution is 2.43. The smallest absolute Gasteiger partial charge is 0.238 e. The van der Waals surface area contributed by atoms with Crippen LogP contribution in [0.15, 0.2) is 89.0 Å². The lowest BCUT2D eigenvalue weighted by Crippen LogP contribution is -2.48. The number of benzene rings is 2. The first-order chi connectivity index (χ1) is 15.3. The number of allylic oxidation sites excluding steroid dienone is 2. The maximum Gasteiger partial charge on any atom is 0.238 e. The van der Waals surface area contributed by atoms with E-state index in [0.29, 0.717) is 5.75 Å². The lowest BCUT2D eigenvalue weighted by atomic mass is 10.0. The van der Waals surface area contributed by atoms with Gasteiger partial charge in [0.2, 0.25) is 5.91 Å². The lowest BCUT2D eigenvalue weighted by molar-refractivity contribution is -0.116. The molecule has 5 nitrogen and oxygen atoms in total. The summed E-state index contributed by atoms with van der Waals surface area (Å²) in [6.45, 7) is 2.82. The molecule has 0 saturated heterocycles. The molecule has 0 saturated carbocycles. The molecule has 7 heteroatoms. The highest BCUT2D eigenvalue weighted by Gasteiger charge is 2.36. The molecule has 0 N–H and O–H groups in total. The van der Waals surface area contributed by atoms with Gasteiger partial charge in [0.15, 0.2) is 11.0 Å². The summed E-state index contributed by atoms with van der Waals surface area (Å²) >= 11 is 3.27. The third kappa shape index (κ3) is 3.83. The van der Waals surface area contributed by atoms with Gasteiger partial charge in [0.1, 0.15) is 0 Å². The Kier molecular flexibility index (Phi) is 5.70. The van der Waals surface area contributed by atoms with Crippen LogP contribution >= 0.6 is 23.5 Å².